The maximum atomic E-state index is 5.94. The average Bonchev–Trinajstić information content (AvgIpc) is 2.32. The first-order chi connectivity index (χ1) is 8.08. The Morgan fingerprint density at radius 2 is 2.29 bits per heavy atom. The number of pyridine rings is 1. The van der Waals surface area contributed by atoms with E-state index >= 15 is 0 Å². The number of aromatic nitrogens is 1. The van der Waals surface area contributed by atoms with E-state index in [0.717, 1.165) is 23.6 Å². The van der Waals surface area contributed by atoms with Gasteiger partial charge in [0.15, 0.2) is 0 Å². The van der Waals surface area contributed by atoms with Crippen LogP contribution < -0.4 is 10.6 Å². The lowest BCUT2D eigenvalue weighted by Crippen LogP contribution is -2.45. The first-order valence-corrected chi connectivity index (χ1v) is 6.21. The largest absolute Gasteiger partial charge is 0.398 e. The van der Waals surface area contributed by atoms with Gasteiger partial charge in [0.1, 0.15) is 5.82 Å². The molecule has 2 heterocycles. The van der Waals surface area contributed by atoms with E-state index in [-0.39, 0.29) is 0 Å². The molecule has 1 atom stereocenters. The van der Waals surface area contributed by atoms with E-state index in [1.54, 1.807) is 0 Å². The summed E-state index contributed by atoms with van der Waals surface area (Å²) in [6.45, 7) is 4.29. The summed E-state index contributed by atoms with van der Waals surface area (Å²) in [5.74, 6) is 0.980. The second-order valence-corrected chi connectivity index (χ2v) is 5.07. The van der Waals surface area contributed by atoms with Crippen molar-refractivity contribution in [2.45, 2.75) is 25.8 Å². The van der Waals surface area contributed by atoms with Crippen molar-refractivity contribution < 1.29 is 0 Å². The Labute approximate surface area is 103 Å². The van der Waals surface area contributed by atoms with Gasteiger partial charge in [-0.15, -0.1) is 0 Å². The lowest BCUT2D eigenvalue weighted by atomic mass is 10.1. The van der Waals surface area contributed by atoms with Crippen molar-refractivity contribution in [2.24, 2.45) is 0 Å². The highest BCUT2D eigenvalue weighted by Gasteiger charge is 2.22. The van der Waals surface area contributed by atoms with E-state index in [9.17, 15) is 0 Å². The number of aryl methyl sites for hydroxylation is 1. The molecule has 1 aliphatic rings. The molecule has 4 heteroatoms. The lowest BCUT2D eigenvalue weighted by molar-refractivity contribution is 0.247. The highest BCUT2D eigenvalue weighted by Crippen LogP contribution is 2.22. The van der Waals surface area contributed by atoms with Crippen LogP contribution >= 0.6 is 0 Å². The number of rotatable bonds is 2. The van der Waals surface area contributed by atoms with E-state index in [1.165, 1.54) is 19.4 Å². The van der Waals surface area contributed by atoms with Crippen molar-refractivity contribution in [3.63, 3.8) is 0 Å². The molecule has 1 unspecified atom stereocenters. The van der Waals surface area contributed by atoms with Crippen LogP contribution in [0.15, 0.2) is 12.3 Å². The van der Waals surface area contributed by atoms with Crippen molar-refractivity contribution in [3.05, 3.63) is 17.8 Å². The molecule has 94 valence electrons. The molecule has 1 aliphatic heterocycles. The van der Waals surface area contributed by atoms with Crippen molar-refractivity contribution in [2.75, 3.05) is 37.8 Å². The second-order valence-electron chi connectivity index (χ2n) is 5.07. The zero-order valence-corrected chi connectivity index (χ0v) is 11.0. The molecule has 0 bridgehead atoms. The molecule has 4 nitrogen and oxygen atoms in total. The van der Waals surface area contributed by atoms with Crippen LogP contribution in [0.4, 0.5) is 11.5 Å². The predicted octanol–water partition coefficient (Wildman–Crippen LogP) is 1.50. The number of nitrogens with two attached hydrogens (primary N) is 1. The number of hydrogen-bond donors (Lipinski definition) is 1. The minimum absolute atomic E-state index is 0.545. The normalized spacial score (nSPS) is 21.5. The molecule has 17 heavy (non-hydrogen) atoms. The zero-order chi connectivity index (χ0) is 12.4. The summed E-state index contributed by atoms with van der Waals surface area (Å²) in [6.07, 6.45) is 4.34. The average molecular weight is 234 g/mol. The molecule has 1 fully saturated rings. The molecule has 2 N–H and O–H groups in total. The number of hydrogen-bond acceptors (Lipinski definition) is 4. The van der Waals surface area contributed by atoms with Crippen LogP contribution in [0.2, 0.25) is 0 Å². The van der Waals surface area contributed by atoms with E-state index in [0.29, 0.717) is 6.04 Å². The van der Waals surface area contributed by atoms with Gasteiger partial charge in [-0.25, -0.2) is 4.98 Å². The second kappa shape index (κ2) is 4.92. The van der Waals surface area contributed by atoms with Gasteiger partial charge in [-0.05, 0) is 38.9 Å². The highest BCUT2D eigenvalue weighted by molar-refractivity contribution is 5.54. The Balaban J connectivity index is 2.12. The first-order valence-electron chi connectivity index (χ1n) is 6.21. The molecule has 1 aromatic heterocycles. The predicted molar refractivity (Wildman–Crippen MR) is 72.3 cm³/mol. The maximum absolute atomic E-state index is 5.94. The van der Waals surface area contributed by atoms with Crippen LogP contribution in [0.1, 0.15) is 18.4 Å². The van der Waals surface area contributed by atoms with Gasteiger partial charge in [0, 0.05) is 37.6 Å². The molecule has 0 aromatic carbocycles. The van der Waals surface area contributed by atoms with Crippen LogP contribution in [-0.4, -0.2) is 43.1 Å². The lowest BCUT2D eigenvalue weighted by Gasteiger charge is -2.36. The third kappa shape index (κ3) is 2.69. The van der Waals surface area contributed by atoms with Crippen LogP contribution in [0.3, 0.4) is 0 Å². The van der Waals surface area contributed by atoms with Gasteiger partial charge in [0.05, 0.1) is 0 Å². The minimum atomic E-state index is 0.545. The SMILES string of the molecule is Cc1cnc(N(C)C2CCCN(C)C2)cc1N. The zero-order valence-electron chi connectivity index (χ0n) is 11.0. The van der Waals surface area contributed by atoms with Gasteiger partial charge >= 0.3 is 0 Å². The molecule has 1 saturated heterocycles. The fourth-order valence-electron chi connectivity index (χ4n) is 2.36. The monoisotopic (exact) mass is 234 g/mol. The number of piperidine rings is 1. The van der Waals surface area contributed by atoms with E-state index < -0.39 is 0 Å². The minimum Gasteiger partial charge on any atom is -0.398 e. The quantitative estimate of drug-likeness (QED) is 0.842. The summed E-state index contributed by atoms with van der Waals surface area (Å²) < 4.78 is 0. The van der Waals surface area contributed by atoms with Gasteiger partial charge in [-0.3, -0.25) is 0 Å². The Kier molecular flexibility index (Phi) is 3.52. The standard InChI is InChI=1S/C13H22N4/c1-10-8-15-13(7-12(10)14)17(3)11-5-4-6-16(2)9-11/h7-8,11H,4-6,9H2,1-3H3,(H2,14,15). The third-order valence-corrected chi connectivity index (χ3v) is 3.64. The Morgan fingerprint density at radius 3 is 2.94 bits per heavy atom. The summed E-state index contributed by atoms with van der Waals surface area (Å²) in [5, 5.41) is 0. The summed E-state index contributed by atoms with van der Waals surface area (Å²) in [4.78, 5) is 9.10. The topological polar surface area (TPSA) is 45.4 Å². The summed E-state index contributed by atoms with van der Waals surface area (Å²) in [5.41, 5.74) is 7.81. The van der Waals surface area contributed by atoms with E-state index in [1.807, 2.05) is 19.2 Å². The van der Waals surface area contributed by atoms with Gasteiger partial charge in [0.25, 0.3) is 0 Å². The summed E-state index contributed by atoms with van der Waals surface area (Å²) in [6, 6.07) is 2.52. The fraction of sp³-hybridized carbons (Fsp3) is 0.615. The molecule has 0 spiro atoms. The van der Waals surface area contributed by atoms with Crippen LogP contribution in [0.25, 0.3) is 0 Å². The number of nitrogen functional groups attached to an aromatic ring is 1. The molecule has 1 aromatic rings. The van der Waals surface area contributed by atoms with E-state index in [4.69, 9.17) is 5.73 Å². The highest BCUT2D eigenvalue weighted by atomic mass is 15.2. The molecule has 0 aliphatic carbocycles. The number of likely N-dealkylation sites (N-methyl/N-ethyl adjacent to an activating group) is 2. The Bertz CT molecular complexity index is 391. The van der Waals surface area contributed by atoms with Gasteiger partial charge in [-0.2, -0.15) is 0 Å². The number of nitrogens with zero attached hydrogens (tertiary/aromatic N) is 3. The Hall–Kier alpha value is -1.29. The first kappa shape index (κ1) is 12.2. The van der Waals surface area contributed by atoms with Crippen molar-refractivity contribution in [3.8, 4) is 0 Å². The van der Waals surface area contributed by atoms with Crippen molar-refractivity contribution in [1.29, 1.82) is 0 Å². The third-order valence-electron chi connectivity index (χ3n) is 3.64. The molecule has 0 radical (unpaired) electrons. The summed E-state index contributed by atoms with van der Waals surface area (Å²) in [7, 11) is 4.29. The smallest absolute Gasteiger partial charge is 0.130 e. The van der Waals surface area contributed by atoms with Crippen LogP contribution in [-0.2, 0) is 0 Å². The van der Waals surface area contributed by atoms with Gasteiger partial charge in [0.2, 0.25) is 0 Å². The summed E-state index contributed by atoms with van der Waals surface area (Å²) >= 11 is 0. The molecule has 2 rings (SSSR count). The van der Waals surface area contributed by atoms with Crippen molar-refractivity contribution >= 4 is 11.5 Å². The van der Waals surface area contributed by atoms with Crippen LogP contribution in [0.5, 0.6) is 0 Å². The molecule has 0 amide bonds. The molecular weight excluding hydrogens is 212 g/mol. The Morgan fingerprint density at radius 1 is 1.53 bits per heavy atom. The molecular formula is C13H22N4. The van der Waals surface area contributed by atoms with Crippen LogP contribution in [0, 0.1) is 6.92 Å². The number of anilines is 2. The van der Waals surface area contributed by atoms with Gasteiger partial charge in [-0.1, -0.05) is 0 Å². The fourth-order valence-corrected chi connectivity index (χ4v) is 2.36. The number of likely N-dealkylation sites (tertiary alicyclic amines) is 1. The molecule has 0 saturated carbocycles. The van der Waals surface area contributed by atoms with E-state index in [2.05, 4.69) is 28.9 Å². The van der Waals surface area contributed by atoms with Crippen molar-refractivity contribution in [1.82, 2.24) is 9.88 Å². The van der Waals surface area contributed by atoms with Gasteiger partial charge < -0.3 is 15.5 Å². The maximum Gasteiger partial charge on any atom is 0.130 e.